The van der Waals surface area contributed by atoms with Crippen LogP contribution in [0.1, 0.15) is 24.6 Å². The van der Waals surface area contributed by atoms with Crippen molar-refractivity contribution >= 4 is 62.3 Å². The second-order valence-electron chi connectivity index (χ2n) is 16.8. The highest BCUT2D eigenvalue weighted by molar-refractivity contribution is 7.99. The predicted molar refractivity (Wildman–Crippen MR) is 260 cm³/mol. The number of halogens is 1. The Morgan fingerprint density at radius 2 is 1.45 bits per heavy atom. The van der Waals surface area contributed by atoms with Crippen LogP contribution >= 0.6 is 23.4 Å². The van der Waals surface area contributed by atoms with Crippen molar-refractivity contribution in [2.24, 2.45) is 7.05 Å². The minimum atomic E-state index is -3.82. The molecule has 1 aromatic heterocycles. The quantitative estimate of drug-likeness (QED) is 0.0859. The Labute approximate surface area is 386 Å². The van der Waals surface area contributed by atoms with E-state index in [2.05, 4.69) is 97.9 Å². The monoisotopic (exact) mass is 918 g/mol. The summed E-state index contributed by atoms with van der Waals surface area (Å²) in [6.45, 7) is 11.6. The number of likely N-dealkylation sites (tertiary alicyclic amines) is 1. The summed E-state index contributed by atoms with van der Waals surface area (Å²) in [6.07, 6.45) is 1.15. The molecule has 14 heteroatoms. The van der Waals surface area contributed by atoms with E-state index in [9.17, 15) is 13.5 Å². The van der Waals surface area contributed by atoms with Crippen molar-refractivity contribution in [2.45, 2.75) is 48.6 Å². The van der Waals surface area contributed by atoms with Gasteiger partial charge in [-0.25, -0.2) is 8.42 Å². The number of benzene rings is 5. The molecule has 0 amide bonds. The van der Waals surface area contributed by atoms with Gasteiger partial charge in [0.05, 0.1) is 16.2 Å². The Morgan fingerprint density at radius 3 is 2.09 bits per heavy atom. The van der Waals surface area contributed by atoms with E-state index < -0.39 is 15.6 Å². The van der Waals surface area contributed by atoms with Crippen LogP contribution in [0.25, 0.3) is 22.4 Å². The number of anilines is 4. The summed E-state index contributed by atoms with van der Waals surface area (Å²) in [7, 11) is -1.71. The summed E-state index contributed by atoms with van der Waals surface area (Å²) in [5.41, 5.74) is 9.85. The maximum atomic E-state index is 13.6. The molecule has 0 bridgehead atoms. The fraction of sp³-hybridized carbons (Fsp3) is 0.300. The average molecular weight is 920 g/mol. The van der Waals surface area contributed by atoms with E-state index >= 15 is 0 Å². The summed E-state index contributed by atoms with van der Waals surface area (Å²) >= 11 is 8.02. The lowest BCUT2D eigenvalue weighted by atomic mass is 9.96. The molecule has 0 spiro atoms. The number of nitrogens with zero attached hydrogens (tertiary/aromatic N) is 4. The fourth-order valence-corrected chi connectivity index (χ4v) is 10.7. The minimum absolute atomic E-state index is 0.154. The molecular formula is C50H55ClN6O5S2. The number of hydrogen-bond acceptors (Lipinski definition) is 10. The third-order valence-electron chi connectivity index (χ3n) is 11.9. The second-order valence-corrected chi connectivity index (χ2v) is 20.0. The molecule has 1 atom stereocenters. The van der Waals surface area contributed by atoms with Crippen LogP contribution in [-0.2, 0) is 26.7 Å². The maximum absolute atomic E-state index is 13.6. The highest BCUT2D eigenvalue weighted by atomic mass is 35.5. The lowest BCUT2D eigenvalue weighted by molar-refractivity contribution is -0.191. The number of β-amino-alcohol motifs (C(OH)–C–C–N with tert-alkyl or cyclic N) is 1. The third-order valence-corrected chi connectivity index (χ3v) is 14.7. The van der Waals surface area contributed by atoms with Crippen molar-refractivity contribution in [2.75, 3.05) is 71.4 Å². The number of hydrogen-bond donors (Lipinski definition) is 3. The van der Waals surface area contributed by atoms with Gasteiger partial charge in [-0.15, -0.1) is 11.8 Å². The van der Waals surface area contributed by atoms with Crippen molar-refractivity contribution in [3.8, 4) is 22.4 Å². The molecule has 0 aliphatic carbocycles. The predicted octanol–water partition coefficient (Wildman–Crippen LogP) is 9.20. The van der Waals surface area contributed by atoms with Crippen molar-refractivity contribution in [1.82, 2.24) is 9.47 Å². The van der Waals surface area contributed by atoms with Gasteiger partial charge in [0.25, 0.3) is 10.0 Å². The largest absolute Gasteiger partial charge is 0.388 e. The molecule has 3 heterocycles. The Morgan fingerprint density at radius 1 is 0.797 bits per heavy atom. The molecule has 6 aromatic rings. The molecule has 8 rings (SSSR count). The maximum Gasteiger partial charge on any atom is 0.373 e. The number of rotatable bonds is 15. The number of thioether (sulfide) groups is 1. The van der Waals surface area contributed by atoms with Gasteiger partial charge in [-0.05, 0) is 129 Å². The van der Waals surface area contributed by atoms with Gasteiger partial charge in [0, 0.05) is 109 Å². The zero-order valence-electron chi connectivity index (χ0n) is 36.6. The Balaban J connectivity index is 0.00000199. The Hall–Kier alpha value is -5.53. The number of aryl methyl sites for hydroxylation is 2. The van der Waals surface area contributed by atoms with Crippen LogP contribution in [0.15, 0.2) is 137 Å². The van der Waals surface area contributed by atoms with Crippen LogP contribution in [0, 0.1) is 13.8 Å². The molecule has 2 saturated heterocycles. The molecule has 334 valence electrons. The van der Waals surface area contributed by atoms with E-state index in [4.69, 9.17) is 21.2 Å². The van der Waals surface area contributed by atoms with Crippen LogP contribution in [0.2, 0.25) is 5.02 Å². The molecule has 3 N–H and O–H groups in total. The van der Waals surface area contributed by atoms with Crippen LogP contribution in [0.5, 0.6) is 0 Å². The van der Waals surface area contributed by atoms with Gasteiger partial charge in [-0.1, -0.05) is 54.1 Å². The SMILES string of the molecule is Cc1cc(S(=O)(=O)Nc2ccc(N3CCN(c4cccc(-c5cc(C)n(C)c5-c5ccc(Cl)cc5)c4)CC3)cc2)ccc1N[C@H](CCN1CC(C)(O)C1)CSc1ccccc1.O=C=O. The van der Waals surface area contributed by atoms with Crippen molar-refractivity contribution < 1.29 is 23.1 Å². The topological polar surface area (TPSA) is 127 Å². The standard InChI is InChI=1S/C49H55ClN6O3S2.CO2/c1-35-29-45(21-22-47(35)51-41(23-24-54-33-49(3,57)34-54)32-60-44-11-6-5-7-12-44)61(58,59)52-40-17-19-42(20-18-40)55-25-27-56(28-26-55)43-10-8-9-38(31-43)46-30-36(2)53(4)48(46)37-13-15-39(50)16-14-37;2-1-3/h5-22,29-31,41,51-52,57H,23-28,32-34H2,1-4H3;/t41-;/m1./s1. The van der Waals surface area contributed by atoms with Gasteiger partial charge in [-0.3, -0.25) is 9.62 Å². The number of piperazine rings is 1. The van der Waals surface area contributed by atoms with Crippen molar-refractivity contribution in [3.63, 3.8) is 0 Å². The van der Waals surface area contributed by atoms with Crippen LogP contribution in [0.4, 0.5) is 22.7 Å². The Bertz CT molecular complexity index is 2650. The zero-order valence-corrected chi connectivity index (χ0v) is 39.0. The smallest absolute Gasteiger partial charge is 0.373 e. The van der Waals surface area contributed by atoms with Crippen molar-refractivity contribution in [3.05, 3.63) is 144 Å². The molecule has 11 nitrogen and oxygen atoms in total. The summed E-state index contributed by atoms with van der Waals surface area (Å²) < 4.78 is 32.3. The molecular weight excluding hydrogens is 864 g/mol. The molecule has 64 heavy (non-hydrogen) atoms. The van der Waals surface area contributed by atoms with Gasteiger partial charge in [-0.2, -0.15) is 9.59 Å². The van der Waals surface area contributed by atoms with Gasteiger partial charge < -0.3 is 24.8 Å². The number of carbonyl (C=O) groups excluding carboxylic acids is 2. The van der Waals surface area contributed by atoms with Gasteiger partial charge in [0.2, 0.25) is 0 Å². The summed E-state index contributed by atoms with van der Waals surface area (Å²) in [6, 6.07) is 42.6. The zero-order chi connectivity index (χ0) is 45.4. The number of sulfonamides is 1. The van der Waals surface area contributed by atoms with Crippen LogP contribution in [0.3, 0.4) is 0 Å². The normalized spacial score (nSPS) is 15.3. The third kappa shape index (κ3) is 11.6. The first-order chi connectivity index (χ1) is 30.7. The van der Waals surface area contributed by atoms with Gasteiger partial charge in [0.15, 0.2) is 0 Å². The second kappa shape index (κ2) is 20.5. The fourth-order valence-electron chi connectivity index (χ4n) is 8.46. The van der Waals surface area contributed by atoms with Gasteiger partial charge >= 0.3 is 6.15 Å². The summed E-state index contributed by atoms with van der Waals surface area (Å²) in [4.78, 5) is 24.7. The highest BCUT2D eigenvalue weighted by Gasteiger charge is 2.36. The lowest BCUT2D eigenvalue weighted by Crippen LogP contribution is -2.60. The molecule has 0 unspecified atom stereocenters. The molecule has 2 aliphatic rings. The van der Waals surface area contributed by atoms with E-state index in [1.165, 1.54) is 33.1 Å². The lowest BCUT2D eigenvalue weighted by Gasteiger charge is -2.44. The van der Waals surface area contributed by atoms with E-state index in [0.717, 1.165) is 72.4 Å². The van der Waals surface area contributed by atoms with E-state index in [1.54, 1.807) is 23.9 Å². The average Bonchev–Trinajstić information content (AvgIpc) is 3.58. The van der Waals surface area contributed by atoms with E-state index in [-0.39, 0.29) is 17.1 Å². The highest BCUT2D eigenvalue weighted by Crippen LogP contribution is 2.37. The van der Waals surface area contributed by atoms with Crippen LogP contribution in [-0.4, -0.2) is 92.4 Å². The van der Waals surface area contributed by atoms with Crippen LogP contribution < -0.4 is 19.8 Å². The summed E-state index contributed by atoms with van der Waals surface area (Å²) in [5, 5.41) is 14.6. The van der Waals surface area contributed by atoms with E-state index in [1.807, 2.05) is 74.5 Å². The Kier molecular flexibility index (Phi) is 14.9. The first-order valence-electron chi connectivity index (χ1n) is 21.4. The van der Waals surface area contributed by atoms with E-state index in [0.29, 0.717) is 18.8 Å². The molecule has 2 aliphatic heterocycles. The van der Waals surface area contributed by atoms with Crippen molar-refractivity contribution in [1.29, 1.82) is 0 Å². The first-order valence-corrected chi connectivity index (χ1v) is 24.2. The number of aliphatic hydroxyl groups is 1. The molecule has 2 fully saturated rings. The summed E-state index contributed by atoms with van der Waals surface area (Å²) in [5.74, 6) is 0.858. The number of aromatic nitrogens is 1. The first kappa shape index (κ1) is 46.5. The molecule has 5 aromatic carbocycles. The molecule has 0 radical (unpaired) electrons. The van der Waals surface area contributed by atoms with Gasteiger partial charge in [0.1, 0.15) is 0 Å². The number of nitrogens with one attached hydrogen (secondary N) is 2. The minimum Gasteiger partial charge on any atom is -0.388 e. The molecule has 0 saturated carbocycles.